The molecule has 3 N–H and O–H groups in total. The van der Waals surface area contributed by atoms with Crippen molar-refractivity contribution >= 4 is 45.0 Å². The minimum Gasteiger partial charge on any atom is -0.497 e. The predicted octanol–water partition coefficient (Wildman–Crippen LogP) is 15.8. The molecule has 0 radical (unpaired) electrons. The quantitative estimate of drug-likeness (QED) is 0.0437. The summed E-state index contributed by atoms with van der Waals surface area (Å²) in [5, 5.41) is 34.4. The van der Waals surface area contributed by atoms with Gasteiger partial charge in [0.2, 0.25) is 0 Å². The first-order chi connectivity index (χ1) is 36.5. The molecule has 0 amide bonds. The van der Waals surface area contributed by atoms with Crippen LogP contribution in [0.4, 0.5) is 0 Å². The van der Waals surface area contributed by atoms with Gasteiger partial charge >= 0.3 is 5.97 Å². The van der Waals surface area contributed by atoms with Gasteiger partial charge in [-0.15, -0.1) is 0 Å². The van der Waals surface area contributed by atoms with Crippen molar-refractivity contribution in [3.63, 3.8) is 0 Å². The lowest BCUT2D eigenvalue weighted by molar-refractivity contribution is -0.158. The van der Waals surface area contributed by atoms with Crippen LogP contribution in [0.15, 0.2) is 59.7 Å². The summed E-state index contributed by atoms with van der Waals surface area (Å²) in [5.41, 5.74) is 2.74. The first-order valence-electron chi connectivity index (χ1n) is 30.1. The normalized spacial score (nSPS) is 19.1. The molecule has 0 aliphatic heterocycles. The van der Waals surface area contributed by atoms with Crippen molar-refractivity contribution < 1.29 is 56.8 Å². The summed E-state index contributed by atoms with van der Waals surface area (Å²) >= 11 is 0. The second-order valence-electron chi connectivity index (χ2n) is 28.0. The summed E-state index contributed by atoms with van der Waals surface area (Å²) in [6.45, 7) is 55.3. The molecule has 0 bridgehead atoms. The fraction of sp³-hybridized carbons (Fsp3) is 0.781. The standard InChI is InChI=1S/C64H120O12Si4/c1-29-33-43(5)38-45(7)56(74-78(25,26)63(15,16)17)52(41-65)58(72-42-50-34-36-51(70-21)37-35-50)47(9)54(67)40-53(66)44(6)39-46(8)55(73-77(23,24)62(12,13)14)48(10)57(76-80(30-2,31-3)32-4)49(11)59(71-22)60(61(68)69)75-79(27,28)64(18,19)20/h29,33-39,43-44,47-49,52,54-60,65,67H,30-32,40-42H2,1-28H3,(H,68,69)/b33-29-,45-38+,46-39+/t43-,44-,47-,48+,49+,52+,54-,55-,56+,57-,58-,59-,60+/m0/s1. The van der Waals surface area contributed by atoms with Crippen LogP contribution in [0.3, 0.4) is 0 Å². The Balaban J connectivity index is 4.14. The van der Waals surface area contributed by atoms with E-state index in [4.69, 9.17) is 31.9 Å². The largest absolute Gasteiger partial charge is 0.497 e. The Labute approximate surface area is 493 Å². The molecule has 0 saturated carbocycles. The van der Waals surface area contributed by atoms with Gasteiger partial charge in [0.15, 0.2) is 39.4 Å². The fourth-order valence-corrected chi connectivity index (χ4v) is 17.0. The van der Waals surface area contributed by atoms with Crippen LogP contribution in [0.25, 0.3) is 0 Å². The van der Waals surface area contributed by atoms with Gasteiger partial charge in [-0.2, -0.15) is 0 Å². The zero-order valence-electron chi connectivity index (χ0n) is 55.9. The third-order valence-corrected chi connectivity index (χ3v) is 37.0. The highest BCUT2D eigenvalue weighted by molar-refractivity contribution is 6.75. The van der Waals surface area contributed by atoms with Gasteiger partial charge in [0.05, 0.1) is 56.9 Å². The average Bonchev–Trinajstić information content (AvgIpc) is 3.35. The summed E-state index contributed by atoms with van der Waals surface area (Å²) in [7, 11) is -6.77. The summed E-state index contributed by atoms with van der Waals surface area (Å²) in [4.78, 5) is 28.1. The monoisotopic (exact) mass is 1190 g/mol. The van der Waals surface area contributed by atoms with E-state index in [0.29, 0.717) is 0 Å². The lowest BCUT2D eigenvalue weighted by Gasteiger charge is -2.47. The Morgan fingerprint density at radius 2 is 1.07 bits per heavy atom. The first-order valence-corrected chi connectivity index (χ1v) is 41.3. The number of aliphatic hydroxyl groups excluding tert-OH is 2. The van der Waals surface area contributed by atoms with E-state index < -0.39 is 106 Å². The SMILES string of the molecule is C/C=C\[C@H](C)/C=C(\C)[C@@H](O[Si](C)(C)C(C)(C)C)[C@@H](CO)[C@@H](OCc1ccc(OC)cc1)[C@@H](C)[C@@H](O)CC(=O)[C@@H](C)/C=C(\C)[C@H](O[Si](C)(C)C(C)(C)C)[C@@H](C)[C@H](O[Si](CC)(CC)CC)[C@@H](C)[C@H](OC)[C@@H](O[Si](C)(C)C(C)(C)C)C(=O)O. The number of ketones is 1. The second-order valence-corrected chi connectivity index (χ2v) is 47.0. The third kappa shape index (κ3) is 21.2. The lowest BCUT2D eigenvalue weighted by atomic mass is 9.80. The number of carboxylic acid groups (broad SMARTS) is 1. The van der Waals surface area contributed by atoms with Crippen LogP contribution in [-0.2, 0) is 43.4 Å². The number of methoxy groups -OCH3 is 2. The number of carboxylic acids is 1. The molecule has 0 aromatic heterocycles. The van der Waals surface area contributed by atoms with Crippen LogP contribution in [0.5, 0.6) is 5.75 Å². The Morgan fingerprint density at radius 1 is 0.625 bits per heavy atom. The van der Waals surface area contributed by atoms with Crippen molar-refractivity contribution in [1.82, 2.24) is 0 Å². The summed E-state index contributed by atoms with van der Waals surface area (Å²) < 4.78 is 47.7. The van der Waals surface area contributed by atoms with E-state index in [1.54, 1.807) is 14.2 Å². The highest BCUT2D eigenvalue weighted by atomic mass is 28.4. The predicted molar refractivity (Wildman–Crippen MR) is 343 cm³/mol. The zero-order valence-corrected chi connectivity index (χ0v) is 59.9. The first kappa shape index (κ1) is 75.9. The molecule has 0 saturated heterocycles. The molecule has 80 heavy (non-hydrogen) atoms. The Morgan fingerprint density at radius 3 is 1.48 bits per heavy atom. The number of allylic oxidation sites excluding steroid dienone is 4. The average molecular weight is 1190 g/mol. The van der Waals surface area contributed by atoms with Gasteiger partial charge in [-0.3, -0.25) is 4.79 Å². The van der Waals surface area contributed by atoms with E-state index in [1.807, 2.05) is 71.0 Å². The van der Waals surface area contributed by atoms with Crippen LogP contribution >= 0.6 is 0 Å². The Kier molecular flexibility index (Phi) is 30.3. The molecular formula is C64H120O12Si4. The molecule has 0 aliphatic rings. The van der Waals surface area contributed by atoms with Crippen LogP contribution in [0.2, 0.25) is 72.5 Å². The van der Waals surface area contributed by atoms with Gasteiger partial charge < -0.3 is 47.2 Å². The molecule has 1 rings (SSSR count). The third-order valence-electron chi connectivity index (χ3n) is 18.9. The van der Waals surface area contributed by atoms with Gasteiger partial charge in [0.1, 0.15) is 11.5 Å². The number of ether oxygens (including phenoxy) is 3. The molecule has 0 spiro atoms. The minimum absolute atomic E-state index is 0.108. The molecule has 1 aromatic carbocycles. The highest BCUT2D eigenvalue weighted by Crippen LogP contribution is 2.45. The molecule has 0 aliphatic carbocycles. The molecule has 0 heterocycles. The molecule has 0 unspecified atom stereocenters. The van der Waals surface area contributed by atoms with E-state index in [9.17, 15) is 24.9 Å². The smallest absolute Gasteiger partial charge is 0.334 e. The summed E-state index contributed by atoms with van der Waals surface area (Å²) in [6.07, 6.45) is 2.65. The van der Waals surface area contributed by atoms with Gasteiger partial charge in [0, 0.05) is 43.1 Å². The molecule has 0 fully saturated rings. The highest BCUT2D eigenvalue weighted by Gasteiger charge is 2.51. The van der Waals surface area contributed by atoms with Crippen molar-refractivity contribution in [2.45, 2.75) is 267 Å². The summed E-state index contributed by atoms with van der Waals surface area (Å²) in [6, 6.07) is 10.3. The van der Waals surface area contributed by atoms with Gasteiger partial charge in [-0.1, -0.05) is 154 Å². The van der Waals surface area contributed by atoms with Gasteiger partial charge in [-0.25, -0.2) is 4.79 Å². The van der Waals surface area contributed by atoms with Crippen molar-refractivity contribution in [1.29, 1.82) is 0 Å². The lowest BCUT2D eigenvalue weighted by Crippen LogP contribution is -2.57. The topological polar surface area (TPSA) is 159 Å². The Bertz CT molecular complexity index is 2110. The number of aliphatic carboxylic acids is 1. The van der Waals surface area contributed by atoms with Crippen molar-refractivity contribution in [3.05, 3.63) is 65.3 Å². The number of carbonyl (C=O) groups excluding carboxylic acids is 1. The maximum Gasteiger partial charge on any atom is 0.334 e. The number of rotatable bonds is 35. The van der Waals surface area contributed by atoms with E-state index in [0.717, 1.165) is 40.6 Å². The molecule has 13 atom stereocenters. The number of Topliss-reactive ketones (excluding diaryl/α,β-unsaturated/α-hetero) is 1. The summed E-state index contributed by atoms with van der Waals surface area (Å²) in [5.74, 6) is -2.99. The van der Waals surface area contributed by atoms with Crippen molar-refractivity contribution in [2.75, 3.05) is 20.8 Å². The van der Waals surface area contributed by atoms with E-state index in [2.05, 4.69) is 155 Å². The fourth-order valence-electron chi connectivity index (χ4n) is 10.0. The maximum absolute atomic E-state index is 14.8. The number of hydrogen-bond donors (Lipinski definition) is 3. The maximum atomic E-state index is 14.8. The molecule has 464 valence electrons. The van der Waals surface area contributed by atoms with E-state index >= 15 is 0 Å². The van der Waals surface area contributed by atoms with Crippen molar-refractivity contribution in [3.8, 4) is 5.75 Å². The number of aliphatic hydroxyl groups is 2. The van der Waals surface area contributed by atoms with Crippen LogP contribution in [0, 0.1) is 35.5 Å². The van der Waals surface area contributed by atoms with Gasteiger partial charge in [0.25, 0.3) is 0 Å². The number of benzene rings is 1. The van der Waals surface area contributed by atoms with Gasteiger partial charge in [-0.05, 0) is 128 Å². The second kappa shape index (κ2) is 31.9. The molecule has 1 aromatic rings. The molecular weight excluding hydrogens is 1070 g/mol. The number of hydrogen-bond acceptors (Lipinski definition) is 11. The zero-order chi connectivity index (χ0) is 62.3. The van der Waals surface area contributed by atoms with Crippen LogP contribution in [-0.4, -0.2) is 124 Å². The molecule has 16 heteroatoms. The van der Waals surface area contributed by atoms with E-state index in [1.165, 1.54) is 0 Å². The van der Waals surface area contributed by atoms with Crippen LogP contribution < -0.4 is 4.74 Å². The Hall–Kier alpha value is -2.07. The number of carbonyl (C=O) groups is 2. The van der Waals surface area contributed by atoms with E-state index in [-0.39, 0.29) is 52.4 Å². The minimum atomic E-state index is -2.60. The van der Waals surface area contributed by atoms with Crippen molar-refractivity contribution in [2.24, 2.45) is 35.5 Å². The molecule has 12 nitrogen and oxygen atoms in total. The van der Waals surface area contributed by atoms with Crippen LogP contribution in [0.1, 0.15) is 150 Å².